The van der Waals surface area contributed by atoms with Gasteiger partial charge in [-0.25, -0.2) is 4.79 Å². The van der Waals surface area contributed by atoms with Crippen molar-refractivity contribution in [3.05, 3.63) is 0 Å². The third kappa shape index (κ3) is 6.09. The zero-order valence-electron chi connectivity index (χ0n) is 15.6. The van der Waals surface area contributed by atoms with Crippen LogP contribution in [0.2, 0.25) is 0 Å². The monoisotopic (exact) mass is 359 g/mol. The first kappa shape index (κ1) is 23.0. The number of amides is 2. The summed E-state index contributed by atoms with van der Waals surface area (Å²) in [6.07, 6.45) is -0.944. The molecule has 2 amide bonds. The van der Waals surface area contributed by atoms with Crippen LogP contribution in [-0.4, -0.2) is 57.0 Å². The summed E-state index contributed by atoms with van der Waals surface area (Å²) in [6.45, 7) is 9.89. The van der Waals surface area contributed by atoms with Crippen LogP contribution in [-0.2, 0) is 19.2 Å². The van der Waals surface area contributed by atoms with Crippen LogP contribution in [0.5, 0.6) is 0 Å². The van der Waals surface area contributed by atoms with Gasteiger partial charge in [0.05, 0.1) is 18.5 Å². The fraction of sp³-hybridized carbons (Fsp3) is 0.750. The standard InChI is InChI=1S/C16H29N3O6/c1-15(2,3)10(17)12(22)19(8(14(24)25)7-9(20)21)13(23)11(18)16(4,5)6/h8,10-11H,7,17-18H2,1-6H3,(H,20,21)(H,24,25)/t8-,10?,11?/m0/s1. The molecule has 0 aromatic carbocycles. The summed E-state index contributed by atoms with van der Waals surface area (Å²) in [6, 6.07) is -4.31. The Morgan fingerprint density at radius 2 is 1.16 bits per heavy atom. The first-order valence-corrected chi connectivity index (χ1v) is 7.84. The van der Waals surface area contributed by atoms with Gasteiger partial charge < -0.3 is 21.7 Å². The molecule has 144 valence electrons. The van der Waals surface area contributed by atoms with Gasteiger partial charge in [-0.05, 0) is 10.8 Å². The number of carbonyl (C=O) groups is 4. The largest absolute Gasteiger partial charge is 0.481 e. The summed E-state index contributed by atoms with van der Waals surface area (Å²) in [4.78, 5) is 48.5. The van der Waals surface area contributed by atoms with E-state index in [1.54, 1.807) is 41.5 Å². The molecule has 0 aliphatic rings. The van der Waals surface area contributed by atoms with Crippen molar-refractivity contribution in [2.75, 3.05) is 0 Å². The molecule has 3 atom stereocenters. The van der Waals surface area contributed by atoms with Gasteiger partial charge in [-0.15, -0.1) is 0 Å². The van der Waals surface area contributed by atoms with Crippen molar-refractivity contribution in [1.29, 1.82) is 0 Å². The van der Waals surface area contributed by atoms with E-state index < -0.39 is 59.1 Å². The number of carboxylic acids is 2. The third-order valence-corrected chi connectivity index (χ3v) is 3.84. The van der Waals surface area contributed by atoms with Crippen LogP contribution >= 0.6 is 0 Å². The second-order valence-electron chi connectivity index (χ2n) is 8.19. The fourth-order valence-electron chi connectivity index (χ4n) is 1.91. The molecule has 0 saturated heterocycles. The van der Waals surface area contributed by atoms with Crippen molar-refractivity contribution >= 4 is 23.8 Å². The van der Waals surface area contributed by atoms with Gasteiger partial charge in [0.15, 0.2) is 0 Å². The number of hydrogen-bond donors (Lipinski definition) is 4. The van der Waals surface area contributed by atoms with Crippen LogP contribution < -0.4 is 11.5 Å². The second-order valence-corrected chi connectivity index (χ2v) is 8.19. The highest BCUT2D eigenvalue weighted by molar-refractivity contribution is 6.04. The van der Waals surface area contributed by atoms with Crippen molar-refractivity contribution in [3.8, 4) is 0 Å². The molecule has 25 heavy (non-hydrogen) atoms. The number of carboxylic acid groups (broad SMARTS) is 2. The van der Waals surface area contributed by atoms with E-state index in [0.29, 0.717) is 4.90 Å². The van der Waals surface area contributed by atoms with Crippen LogP contribution in [0.15, 0.2) is 0 Å². The molecule has 0 aliphatic carbocycles. The van der Waals surface area contributed by atoms with Crippen LogP contribution in [0.4, 0.5) is 0 Å². The van der Waals surface area contributed by atoms with E-state index in [1.165, 1.54) is 0 Å². The predicted molar refractivity (Wildman–Crippen MR) is 90.4 cm³/mol. The first-order valence-electron chi connectivity index (χ1n) is 7.84. The maximum atomic E-state index is 12.8. The predicted octanol–water partition coefficient (Wildman–Crippen LogP) is 0.0163. The van der Waals surface area contributed by atoms with Crippen molar-refractivity contribution in [2.45, 2.75) is 66.1 Å². The lowest BCUT2D eigenvalue weighted by Crippen LogP contribution is -2.62. The molecule has 0 spiro atoms. The molecule has 0 radical (unpaired) electrons. The fourth-order valence-corrected chi connectivity index (χ4v) is 1.91. The average Bonchev–Trinajstić information content (AvgIpc) is 2.41. The van der Waals surface area contributed by atoms with Crippen LogP contribution in [0, 0.1) is 10.8 Å². The van der Waals surface area contributed by atoms with Gasteiger partial charge in [-0.1, -0.05) is 41.5 Å². The van der Waals surface area contributed by atoms with E-state index in [1.807, 2.05) is 0 Å². The number of imide groups is 1. The van der Waals surface area contributed by atoms with Crippen molar-refractivity contribution in [3.63, 3.8) is 0 Å². The minimum Gasteiger partial charge on any atom is -0.481 e. The van der Waals surface area contributed by atoms with Crippen molar-refractivity contribution < 1.29 is 29.4 Å². The Morgan fingerprint density at radius 1 is 0.840 bits per heavy atom. The molecule has 9 heteroatoms. The van der Waals surface area contributed by atoms with Gasteiger partial charge in [0.25, 0.3) is 0 Å². The van der Waals surface area contributed by atoms with Crippen molar-refractivity contribution in [2.24, 2.45) is 22.3 Å². The van der Waals surface area contributed by atoms with Gasteiger partial charge in [0, 0.05) is 0 Å². The lowest BCUT2D eigenvalue weighted by atomic mass is 9.84. The normalized spacial score (nSPS) is 15.8. The second kappa shape index (κ2) is 7.92. The number of aliphatic carboxylic acids is 2. The Labute approximate surface area is 147 Å². The molecule has 0 aromatic heterocycles. The topological polar surface area (TPSA) is 164 Å². The Balaban J connectivity index is 6.12. The van der Waals surface area contributed by atoms with E-state index in [0.717, 1.165) is 0 Å². The molecule has 0 fully saturated rings. The number of carbonyl (C=O) groups excluding carboxylic acids is 2. The SMILES string of the molecule is CC(C)(C)C(N)C(=O)N(C(=O)C(N)C(C)(C)C)[C@@H](CC(=O)O)C(=O)O. The summed E-state index contributed by atoms with van der Waals surface area (Å²) in [7, 11) is 0. The summed E-state index contributed by atoms with van der Waals surface area (Å²) in [5, 5.41) is 18.3. The summed E-state index contributed by atoms with van der Waals surface area (Å²) < 4.78 is 0. The van der Waals surface area contributed by atoms with E-state index in [9.17, 15) is 24.3 Å². The molecular formula is C16H29N3O6. The Hall–Kier alpha value is -2.00. The smallest absolute Gasteiger partial charge is 0.327 e. The summed E-state index contributed by atoms with van der Waals surface area (Å²) >= 11 is 0. The summed E-state index contributed by atoms with van der Waals surface area (Å²) in [5.41, 5.74) is 10.2. The van der Waals surface area contributed by atoms with E-state index in [2.05, 4.69) is 0 Å². The van der Waals surface area contributed by atoms with Gasteiger partial charge in [0.1, 0.15) is 6.04 Å². The number of nitrogens with zero attached hydrogens (tertiary/aromatic N) is 1. The molecule has 0 aliphatic heterocycles. The minimum absolute atomic E-state index is 0.405. The van der Waals surface area contributed by atoms with E-state index in [4.69, 9.17) is 16.6 Å². The van der Waals surface area contributed by atoms with Crippen LogP contribution in [0.1, 0.15) is 48.0 Å². The molecular weight excluding hydrogens is 330 g/mol. The first-order chi connectivity index (χ1) is 11.0. The molecule has 6 N–H and O–H groups in total. The molecule has 0 bridgehead atoms. The highest BCUT2D eigenvalue weighted by Gasteiger charge is 2.44. The molecule has 9 nitrogen and oxygen atoms in total. The third-order valence-electron chi connectivity index (χ3n) is 3.84. The molecule has 2 unspecified atom stereocenters. The lowest BCUT2D eigenvalue weighted by molar-refractivity contribution is -0.163. The number of rotatable bonds is 6. The average molecular weight is 359 g/mol. The maximum absolute atomic E-state index is 12.8. The van der Waals surface area contributed by atoms with Gasteiger partial charge in [-0.3, -0.25) is 19.3 Å². The highest BCUT2D eigenvalue weighted by atomic mass is 16.4. The Bertz CT molecular complexity index is 515. The lowest BCUT2D eigenvalue weighted by Gasteiger charge is -2.37. The summed E-state index contributed by atoms with van der Waals surface area (Å²) in [5.74, 6) is -5.02. The van der Waals surface area contributed by atoms with E-state index >= 15 is 0 Å². The van der Waals surface area contributed by atoms with E-state index in [-0.39, 0.29) is 0 Å². The van der Waals surface area contributed by atoms with Gasteiger partial charge >= 0.3 is 11.9 Å². The van der Waals surface area contributed by atoms with Crippen LogP contribution in [0.25, 0.3) is 0 Å². The minimum atomic E-state index is -1.89. The molecule has 0 rings (SSSR count). The molecule has 0 aromatic rings. The van der Waals surface area contributed by atoms with Gasteiger partial charge in [0.2, 0.25) is 11.8 Å². The maximum Gasteiger partial charge on any atom is 0.327 e. The zero-order valence-corrected chi connectivity index (χ0v) is 15.6. The Kier molecular flexibility index (Phi) is 7.29. The Morgan fingerprint density at radius 3 is 1.36 bits per heavy atom. The van der Waals surface area contributed by atoms with Gasteiger partial charge in [-0.2, -0.15) is 0 Å². The quantitative estimate of drug-likeness (QED) is 0.515. The zero-order chi connectivity index (χ0) is 20.3. The number of hydrogen-bond acceptors (Lipinski definition) is 6. The van der Waals surface area contributed by atoms with Crippen LogP contribution in [0.3, 0.4) is 0 Å². The molecule has 0 heterocycles. The molecule has 0 saturated carbocycles. The van der Waals surface area contributed by atoms with Crippen molar-refractivity contribution in [1.82, 2.24) is 4.90 Å². The highest BCUT2D eigenvalue weighted by Crippen LogP contribution is 2.24. The number of nitrogens with two attached hydrogens (primary N) is 2.